The van der Waals surface area contributed by atoms with Crippen molar-refractivity contribution in [1.82, 2.24) is 10.4 Å². The van der Waals surface area contributed by atoms with Crippen LogP contribution in [0.15, 0.2) is 35.5 Å². The van der Waals surface area contributed by atoms with Gasteiger partial charge in [0.2, 0.25) is 0 Å². The first kappa shape index (κ1) is 23.3. The number of ether oxygens (including phenoxy) is 2. The van der Waals surface area contributed by atoms with E-state index in [4.69, 9.17) is 9.47 Å². The van der Waals surface area contributed by atoms with Crippen LogP contribution < -0.4 is 5.43 Å². The smallest absolute Gasteiger partial charge is 0.429 e. The molecular formula is C22H31N3O5. The number of amides is 2. The van der Waals surface area contributed by atoms with Crippen molar-refractivity contribution in [1.29, 1.82) is 0 Å². The standard InChI is InChI=1S/C22H31N3O5/c1-13(2)29-21(26)23-25(22(27)30-14(3)4)20-9-7-8-18(20)19-12-15(5)10-11-17(19)16(6)24-28/h7-8,10-14,18,20,28H,9H2,1-6H3,(H,23,26)/b24-16+/t18-,20+/m1/s1. The summed E-state index contributed by atoms with van der Waals surface area (Å²) in [7, 11) is 0. The molecule has 0 saturated heterocycles. The molecule has 8 nitrogen and oxygen atoms in total. The number of benzene rings is 1. The summed E-state index contributed by atoms with van der Waals surface area (Å²) < 4.78 is 10.5. The molecule has 2 atom stereocenters. The fraction of sp³-hybridized carbons (Fsp3) is 0.500. The average molecular weight is 418 g/mol. The lowest BCUT2D eigenvalue weighted by molar-refractivity contribution is 0.0305. The lowest BCUT2D eigenvalue weighted by Gasteiger charge is -2.33. The van der Waals surface area contributed by atoms with Gasteiger partial charge in [0.05, 0.1) is 24.0 Å². The number of hydrogen-bond donors (Lipinski definition) is 2. The minimum absolute atomic E-state index is 0.240. The van der Waals surface area contributed by atoms with Crippen LogP contribution in [-0.2, 0) is 9.47 Å². The Morgan fingerprint density at radius 1 is 1.20 bits per heavy atom. The van der Waals surface area contributed by atoms with Crippen molar-refractivity contribution in [3.8, 4) is 0 Å². The van der Waals surface area contributed by atoms with Gasteiger partial charge in [-0.15, -0.1) is 0 Å². The quantitative estimate of drug-likeness (QED) is 0.318. The number of carbonyl (C=O) groups excluding carboxylic acids is 2. The number of carbonyl (C=O) groups is 2. The summed E-state index contributed by atoms with van der Waals surface area (Å²) in [6.45, 7) is 10.6. The van der Waals surface area contributed by atoms with Gasteiger partial charge in [0.1, 0.15) is 0 Å². The number of aryl methyl sites for hydroxylation is 1. The fourth-order valence-corrected chi connectivity index (χ4v) is 3.42. The molecule has 0 spiro atoms. The molecule has 1 aromatic rings. The van der Waals surface area contributed by atoms with Crippen LogP contribution in [0.3, 0.4) is 0 Å². The average Bonchev–Trinajstić information content (AvgIpc) is 3.13. The number of rotatable bonds is 5. The second-order valence-electron chi connectivity index (χ2n) is 7.90. The second kappa shape index (κ2) is 10.1. The van der Waals surface area contributed by atoms with E-state index in [2.05, 4.69) is 10.6 Å². The number of oxime groups is 1. The van der Waals surface area contributed by atoms with Gasteiger partial charge in [-0.05, 0) is 53.5 Å². The van der Waals surface area contributed by atoms with Gasteiger partial charge in [0, 0.05) is 11.5 Å². The Bertz CT molecular complexity index is 832. The maximum absolute atomic E-state index is 12.8. The summed E-state index contributed by atoms with van der Waals surface area (Å²) in [6, 6.07) is 5.39. The SMILES string of the molecule is C/C(=N\O)c1ccc(C)cc1[C@H]1C=CC[C@@H]1N(NC(=O)OC(C)C)C(=O)OC(C)C. The monoisotopic (exact) mass is 417 g/mol. The highest BCUT2D eigenvalue weighted by atomic mass is 16.6. The molecule has 8 heteroatoms. The van der Waals surface area contributed by atoms with Gasteiger partial charge >= 0.3 is 12.2 Å². The molecule has 0 aromatic heterocycles. The van der Waals surface area contributed by atoms with E-state index in [9.17, 15) is 14.8 Å². The zero-order valence-corrected chi connectivity index (χ0v) is 18.4. The number of nitrogens with one attached hydrogen (secondary N) is 1. The Kier molecular flexibility index (Phi) is 7.86. The highest BCUT2D eigenvalue weighted by Crippen LogP contribution is 2.35. The number of hydrogen-bond acceptors (Lipinski definition) is 6. The summed E-state index contributed by atoms with van der Waals surface area (Å²) in [5, 5.41) is 13.8. The van der Waals surface area contributed by atoms with Crippen molar-refractivity contribution in [3.05, 3.63) is 47.0 Å². The van der Waals surface area contributed by atoms with Crippen LogP contribution in [0.5, 0.6) is 0 Å². The molecular weight excluding hydrogens is 386 g/mol. The Hall–Kier alpha value is -3.03. The Labute approximate surface area is 177 Å². The van der Waals surface area contributed by atoms with Crippen LogP contribution in [0.1, 0.15) is 63.6 Å². The third-order valence-electron chi connectivity index (χ3n) is 4.66. The maximum Gasteiger partial charge on any atom is 0.429 e. The summed E-state index contributed by atoms with van der Waals surface area (Å²) >= 11 is 0. The summed E-state index contributed by atoms with van der Waals surface area (Å²) in [5.74, 6) is -0.240. The zero-order valence-electron chi connectivity index (χ0n) is 18.4. The van der Waals surface area contributed by atoms with E-state index in [1.807, 2.05) is 37.3 Å². The molecule has 164 valence electrons. The second-order valence-corrected chi connectivity index (χ2v) is 7.90. The predicted octanol–water partition coefficient (Wildman–Crippen LogP) is 4.50. The third-order valence-corrected chi connectivity index (χ3v) is 4.66. The lowest BCUT2D eigenvalue weighted by Crippen LogP contribution is -2.54. The molecule has 1 aliphatic carbocycles. The van der Waals surface area contributed by atoms with Crippen LogP contribution in [0.25, 0.3) is 0 Å². The van der Waals surface area contributed by atoms with Crippen molar-refractivity contribution in [2.45, 2.75) is 72.1 Å². The molecule has 2 amide bonds. The van der Waals surface area contributed by atoms with E-state index in [0.717, 1.165) is 16.7 Å². The van der Waals surface area contributed by atoms with Crippen molar-refractivity contribution >= 4 is 17.9 Å². The van der Waals surface area contributed by atoms with Gasteiger partial charge in [0.15, 0.2) is 0 Å². The van der Waals surface area contributed by atoms with E-state index in [1.165, 1.54) is 5.01 Å². The van der Waals surface area contributed by atoms with Crippen LogP contribution in [0.4, 0.5) is 9.59 Å². The first-order valence-corrected chi connectivity index (χ1v) is 10.1. The Morgan fingerprint density at radius 3 is 2.47 bits per heavy atom. The molecule has 0 unspecified atom stereocenters. The number of hydrazine groups is 1. The molecule has 30 heavy (non-hydrogen) atoms. The molecule has 0 saturated carbocycles. The highest BCUT2D eigenvalue weighted by Gasteiger charge is 2.37. The van der Waals surface area contributed by atoms with Gasteiger partial charge in [-0.3, -0.25) is 0 Å². The zero-order chi connectivity index (χ0) is 22.4. The molecule has 0 heterocycles. The normalized spacial score (nSPS) is 18.6. The van der Waals surface area contributed by atoms with Crippen molar-refractivity contribution in [2.75, 3.05) is 0 Å². The van der Waals surface area contributed by atoms with E-state index < -0.39 is 18.2 Å². The van der Waals surface area contributed by atoms with Gasteiger partial charge in [-0.25, -0.2) is 20.0 Å². The van der Waals surface area contributed by atoms with Crippen LogP contribution in [0, 0.1) is 6.92 Å². The van der Waals surface area contributed by atoms with Gasteiger partial charge < -0.3 is 14.7 Å². The van der Waals surface area contributed by atoms with Crippen molar-refractivity contribution in [2.24, 2.45) is 5.16 Å². The predicted molar refractivity (Wildman–Crippen MR) is 114 cm³/mol. The van der Waals surface area contributed by atoms with Crippen molar-refractivity contribution in [3.63, 3.8) is 0 Å². The molecule has 0 bridgehead atoms. The van der Waals surface area contributed by atoms with Crippen LogP contribution in [-0.4, -0.2) is 46.4 Å². The Balaban J connectivity index is 2.43. The highest BCUT2D eigenvalue weighted by molar-refractivity contribution is 6.00. The van der Waals surface area contributed by atoms with E-state index in [0.29, 0.717) is 12.1 Å². The van der Waals surface area contributed by atoms with Gasteiger partial charge in [-0.1, -0.05) is 41.1 Å². The molecule has 0 aliphatic heterocycles. The molecule has 0 radical (unpaired) electrons. The summed E-state index contributed by atoms with van der Waals surface area (Å²) in [6.07, 6.45) is 2.38. The first-order valence-electron chi connectivity index (χ1n) is 10.1. The molecule has 0 fully saturated rings. The fourth-order valence-electron chi connectivity index (χ4n) is 3.42. The van der Waals surface area contributed by atoms with E-state index in [1.54, 1.807) is 34.6 Å². The van der Waals surface area contributed by atoms with Crippen LogP contribution in [0.2, 0.25) is 0 Å². The Morgan fingerprint density at radius 2 is 1.87 bits per heavy atom. The molecule has 1 aromatic carbocycles. The lowest BCUT2D eigenvalue weighted by atomic mass is 9.87. The topological polar surface area (TPSA) is 100 Å². The minimum Gasteiger partial charge on any atom is -0.446 e. The largest absolute Gasteiger partial charge is 0.446 e. The third kappa shape index (κ3) is 5.75. The van der Waals surface area contributed by atoms with E-state index >= 15 is 0 Å². The maximum atomic E-state index is 12.8. The minimum atomic E-state index is -0.728. The summed E-state index contributed by atoms with van der Waals surface area (Å²) in [5.41, 5.74) is 5.71. The first-order chi connectivity index (χ1) is 14.1. The molecule has 1 aliphatic rings. The summed E-state index contributed by atoms with van der Waals surface area (Å²) in [4.78, 5) is 25.1. The van der Waals surface area contributed by atoms with Crippen LogP contribution >= 0.6 is 0 Å². The van der Waals surface area contributed by atoms with E-state index in [-0.39, 0.29) is 18.1 Å². The van der Waals surface area contributed by atoms with Gasteiger partial charge in [0.25, 0.3) is 0 Å². The van der Waals surface area contributed by atoms with Gasteiger partial charge in [-0.2, -0.15) is 0 Å². The van der Waals surface area contributed by atoms with Crippen molar-refractivity contribution < 1.29 is 24.3 Å². The molecule has 2 rings (SSSR count). The molecule has 2 N–H and O–H groups in total. The number of nitrogens with zero attached hydrogens (tertiary/aromatic N) is 2.